The number of carbonyl (C=O) groups is 2. The third-order valence-corrected chi connectivity index (χ3v) is 25.4. The lowest BCUT2D eigenvalue weighted by Crippen LogP contribution is -2.56. The Morgan fingerprint density at radius 3 is 1.41 bits per heavy atom. The van der Waals surface area contributed by atoms with Gasteiger partial charge in [0, 0.05) is 24.9 Å². The molecule has 0 radical (unpaired) electrons. The van der Waals surface area contributed by atoms with E-state index in [1.165, 1.54) is 77.0 Å². The number of unbranched alkanes of at least 4 members (excludes halogenated alkanes) is 11. The van der Waals surface area contributed by atoms with Crippen molar-refractivity contribution in [2.75, 3.05) is 53.4 Å². The van der Waals surface area contributed by atoms with Crippen LogP contribution in [0.1, 0.15) is 202 Å². The fourth-order valence-corrected chi connectivity index (χ4v) is 20.1. The molecule has 0 aromatic heterocycles. The summed E-state index contributed by atoms with van der Waals surface area (Å²) >= 11 is 0. The molecule has 494 valence electrons. The number of carbonyl (C=O) groups excluding carboxylic acids is 2. The predicted octanol–water partition coefficient (Wildman–Crippen LogP) is 22.1. The van der Waals surface area contributed by atoms with E-state index < -0.39 is 27.1 Å². The van der Waals surface area contributed by atoms with Gasteiger partial charge in [-0.3, -0.25) is 0 Å². The minimum Gasteiger partial charge on any atom is -0.494 e. The van der Waals surface area contributed by atoms with Crippen molar-refractivity contribution in [2.24, 2.45) is 49.7 Å². The second-order valence-electron chi connectivity index (χ2n) is 27.1. The normalized spacial score (nSPS) is 23.2. The molecule has 0 N–H and O–H groups in total. The van der Waals surface area contributed by atoms with Gasteiger partial charge in [0.2, 0.25) is 7.51 Å². The molecule has 0 saturated heterocycles. The second kappa shape index (κ2) is 35.5. The van der Waals surface area contributed by atoms with Crippen molar-refractivity contribution in [2.45, 2.75) is 202 Å². The van der Waals surface area contributed by atoms with Crippen LogP contribution in [-0.2, 0) is 27.7 Å². The lowest BCUT2D eigenvalue weighted by Gasteiger charge is -2.64. The third-order valence-electron chi connectivity index (χ3n) is 20.4. The average Bonchev–Trinajstić information content (AvgIpc) is 1.13. The van der Waals surface area contributed by atoms with Crippen molar-refractivity contribution < 1.29 is 46.6 Å². The van der Waals surface area contributed by atoms with Crippen molar-refractivity contribution in [1.29, 1.82) is 0 Å². The molecular formula is C76H110N2O10P2. The third kappa shape index (κ3) is 20.6. The van der Waals surface area contributed by atoms with Gasteiger partial charge in [-0.25, -0.2) is 14.3 Å². The Labute approximate surface area is 542 Å². The summed E-state index contributed by atoms with van der Waals surface area (Å²) in [5, 5.41) is 0. The van der Waals surface area contributed by atoms with Gasteiger partial charge in [0.15, 0.2) is 0 Å². The molecule has 4 fully saturated rings. The number of fused-ring (bicyclic) bond motifs is 5. The van der Waals surface area contributed by atoms with E-state index in [2.05, 4.69) is 52.7 Å². The Kier molecular flexibility index (Phi) is 28.0. The van der Waals surface area contributed by atoms with E-state index in [1.54, 1.807) is 45.2 Å². The Bertz CT molecular complexity index is 3000. The first kappa shape index (κ1) is 71.1. The highest BCUT2D eigenvalue weighted by molar-refractivity contribution is 7.67. The van der Waals surface area contributed by atoms with Gasteiger partial charge in [-0.15, -0.1) is 0 Å². The first-order chi connectivity index (χ1) is 43.5. The number of ether oxygens (including phenoxy) is 4. The number of rotatable bonds is 38. The van der Waals surface area contributed by atoms with Gasteiger partial charge in [0.25, 0.3) is 0 Å². The van der Waals surface area contributed by atoms with Crippen LogP contribution in [0.2, 0.25) is 0 Å². The van der Waals surface area contributed by atoms with Crippen LogP contribution >= 0.6 is 15.2 Å². The number of hydrogen-bond acceptors (Lipinski definition) is 11. The summed E-state index contributed by atoms with van der Waals surface area (Å²) in [4.78, 5) is 23.9. The Hall–Kier alpha value is -4.80. The molecule has 4 aromatic rings. The maximum atomic E-state index is 11.9. The van der Waals surface area contributed by atoms with Gasteiger partial charge in [-0.1, -0.05) is 147 Å². The summed E-state index contributed by atoms with van der Waals surface area (Å²) < 4.78 is 60.4. The van der Waals surface area contributed by atoms with Crippen molar-refractivity contribution >= 4 is 27.1 Å². The monoisotopic (exact) mass is 1270 g/mol. The Morgan fingerprint density at radius 2 is 0.944 bits per heavy atom. The van der Waals surface area contributed by atoms with Crippen LogP contribution in [0.3, 0.4) is 0 Å². The van der Waals surface area contributed by atoms with Crippen LogP contribution in [0.15, 0.2) is 131 Å². The van der Waals surface area contributed by atoms with E-state index in [9.17, 15) is 9.59 Å². The number of nitrogens with zero attached hydrogens (tertiary/aromatic N) is 2. The lowest BCUT2D eigenvalue weighted by atomic mass is 9.41. The van der Waals surface area contributed by atoms with Gasteiger partial charge in [-0.05, 0) is 228 Å². The largest absolute Gasteiger partial charge is 0.494 e. The smallest absolute Gasteiger partial charge is 0.338 e. The summed E-state index contributed by atoms with van der Waals surface area (Å²) in [6.07, 6.45) is 31.3. The van der Waals surface area contributed by atoms with E-state index in [0.717, 1.165) is 153 Å². The van der Waals surface area contributed by atoms with Crippen LogP contribution < -0.4 is 18.9 Å². The average molecular weight is 1270 g/mol. The van der Waals surface area contributed by atoms with E-state index in [0.29, 0.717) is 73.1 Å². The summed E-state index contributed by atoms with van der Waals surface area (Å²) in [6.45, 7) is 23.7. The molecule has 90 heavy (non-hydrogen) atoms. The van der Waals surface area contributed by atoms with E-state index in [1.807, 2.05) is 60.7 Å². The molecule has 4 saturated carbocycles. The van der Waals surface area contributed by atoms with Crippen LogP contribution in [0.4, 0.5) is 0 Å². The summed E-state index contributed by atoms with van der Waals surface area (Å²) in [5.41, 5.74) is 6.00. The fourth-order valence-electron chi connectivity index (χ4n) is 15.2. The molecule has 0 aliphatic heterocycles. The SMILES string of the molecule is C=C(C)C(=O)Oc1ccc(-c2ccc(OCCCCCCOP(C)(=NP(=NC)(OCCCCCC)OCCCCCCOc3ccc(-c4ccc(OC(=O)C(=C)C)cc4)cc3)OCCCCCC3CC[C@@]4(C)C(CC[C@@]5(C)C6CCCC6CCC45)C3)cc2)cc1. The van der Waals surface area contributed by atoms with Gasteiger partial charge in [-0.2, -0.15) is 4.52 Å². The van der Waals surface area contributed by atoms with Crippen molar-refractivity contribution in [3.8, 4) is 45.3 Å². The molecule has 0 spiro atoms. The quantitative estimate of drug-likeness (QED) is 0.0140. The molecule has 4 aliphatic carbocycles. The first-order valence-electron chi connectivity index (χ1n) is 34.7. The van der Waals surface area contributed by atoms with Crippen molar-refractivity contribution in [3.63, 3.8) is 0 Å². The van der Waals surface area contributed by atoms with E-state index in [-0.39, 0.29) is 0 Å². The minimum absolute atomic E-state index is 0.363. The molecule has 4 aliphatic rings. The van der Waals surface area contributed by atoms with Crippen molar-refractivity contribution in [3.05, 3.63) is 121 Å². The van der Waals surface area contributed by atoms with Crippen molar-refractivity contribution in [1.82, 2.24) is 0 Å². The molecule has 9 atom stereocenters. The topological polar surface area (TPSA) is 133 Å². The second-order valence-corrected chi connectivity index (χ2v) is 31.8. The fraction of sp³-hybridized carbons (Fsp3) is 0.605. The Balaban J connectivity index is 0.810. The van der Waals surface area contributed by atoms with Gasteiger partial charge >= 0.3 is 19.6 Å². The molecule has 8 rings (SSSR count). The van der Waals surface area contributed by atoms with Crippen LogP contribution in [0.25, 0.3) is 22.3 Å². The predicted molar refractivity (Wildman–Crippen MR) is 369 cm³/mol. The zero-order chi connectivity index (χ0) is 63.8. The van der Waals surface area contributed by atoms with Gasteiger partial charge < -0.3 is 37.0 Å². The zero-order valence-electron chi connectivity index (χ0n) is 56.0. The van der Waals surface area contributed by atoms with Crippen LogP contribution in [0.5, 0.6) is 23.0 Å². The highest BCUT2D eigenvalue weighted by Gasteiger charge is 2.60. The van der Waals surface area contributed by atoms with Gasteiger partial charge in [0.05, 0.1) is 39.6 Å². The molecule has 0 amide bonds. The van der Waals surface area contributed by atoms with Crippen LogP contribution in [0, 0.1) is 40.4 Å². The molecule has 0 bridgehead atoms. The number of esters is 2. The zero-order valence-corrected chi connectivity index (χ0v) is 57.8. The first-order valence-corrected chi connectivity index (χ1v) is 38.2. The number of benzene rings is 4. The molecule has 7 unspecified atom stereocenters. The van der Waals surface area contributed by atoms with Gasteiger partial charge in [0.1, 0.15) is 23.0 Å². The van der Waals surface area contributed by atoms with Crippen LogP contribution in [-0.4, -0.2) is 65.3 Å². The molecular weight excluding hydrogens is 1160 g/mol. The molecule has 12 nitrogen and oxygen atoms in total. The lowest BCUT2D eigenvalue weighted by molar-refractivity contribution is -0.145. The maximum Gasteiger partial charge on any atom is 0.338 e. The van der Waals surface area contributed by atoms with E-state index in [4.69, 9.17) is 46.3 Å². The minimum atomic E-state index is -3.07. The van der Waals surface area contributed by atoms with E-state index >= 15 is 0 Å². The number of hydrogen-bond donors (Lipinski definition) is 0. The highest BCUT2D eigenvalue weighted by Crippen LogP contribution is 2.69. The maximum absolute atomic E-state index is 11.9. The standard InChI is InChI=1S/C76H110N2O10P2/c1-10-11-12-21-55-85-90(77-8,86-56-23-16-14-20-52-82-68-40-31-62(32-41-68)64-35-44-70(45-36-64)88-74(80)59(4)5)78-89(9,83-53-22-15-13-19-51-81-67-38-29-61(30-39-67)63-33-42-69(43-34-63)87-73(79)58(2)3)84-54-24-17-18-26-60-47-49-75(6)66(57-60)48-50-76(7)71-28-25-27-65(71)37-46-72(75)76/h29-36,38-45,60,65-66,71-72H,2,4,10-28,37,46-57H2,1,3,5-9H3/t60?,65?,66?,71?,72?,75-,76-,89?,90?/m0/s1. The summed E-state index contributed by atoms with van der Waals surface area (Å²) in [5.74, 6) is 6.48. The molecule has 4 aromatic carbocycles. The summed E-state index contributed by atoms with van der Waals surface area (Å²) in [6, 6.07) is 31.1. The molecule has 14 heteroatoms. The molecule has 0 heterocycles. The Morgan fingerprint density at radius 1 is 0.511 bits per heavy atom. The highest BCUT2D eigenvalue weighted by atomic mass is 31.2. The summed E-state index contributed by atoms with van der Waals surface area (Å²) in [7, 11) is -4.09.